The molecule has 0 saturated heterocycles. The first-order valence-corrected chi connectivity index (χ1v) is 12.4. The predicted molar refractivity (Wildman–Crippen MR) is 79.1 cm³/mol. The highest BCUT2D eigenvalue weighted by Gasteiger charge is 2.45. The molecule has 4 heteroatoms. The van der Waals surface area contributed by atoms with E-state index in [9.17, 15) is 0 Å². The molecule has 0 aromatic carbocycles. The Labute approximate surface area is 104 Å². The Morgan fingerprint density at radius 2 is 1.40 bits per heavy atom. The second-order valence-corrected chi connectivity index (χ2v) is 16.4. The lowest BCUT2D eigenvalue weighted by Gasteiger charge is -2.41. The molecule has 0 heterocycles. The third-order valence-corrected chi connectivity index (χ3v) is 19.0. The lowest BCUT2D eigenvalue weighted by molar-refractivity contribution is 0.331. The van der Waals surface area contributed by atoms with Gasteiger partial charge >= 0.3 is 0 Å². The molecule has 0 unspecified atom stereocenters. The van der Waals surface area contributed by atoms with E-state index in [0.717, 1.165) is 6.61 Å². The number of hydrogen-bond acceptors (Lipinski definition) is 2. The second kappa shape index (κ2) is 6.47. The van der Waals surface area contributed by atoms with E-state index >= 15 is 0 Å². The van der Waals surface area contributed by atoms with E-state index < -0.39 is 16.4 Å². The molecule has 15 heavy (non-hydrogen) atoms. The molecular formula is C11H28OSSi2. The molecule has 0 aliphatic heterocycles. The van der Waals surface area contributed by atoms with E-state index in [0.29, 0.717) is 4.50 Å². The molecule has 1 atom stereocenters. The van der Waals surface area contributed by atoms with Crippen molar-refractivity contribution >= 4 is 29.0 Å². The van der Waals surface area contributed by atoms with Gasteiger partial charge in [0.25, 0.3) is 0 Å². The van der Waals surface area contributed by atoms with Crippen LogP contribution in [0, 0.1) is 0 Å². The molecule has 0 aromatic rings. The standard InChI is InChI=1S/C11H28OSSi2/c1-7-12-14(5,6)11(13)15(8-2,9-3)10-4/h11,13H,7-10H2,1-6H3/t11-/m1/s1. The molecule has 0 amide bonds. The number of thiol groups is 1. The fourth-order valence-corrected chi connectivity index (χ4v) is 15.9. The summed E-state index contributed by atoms with van der Waals surface area (Å²) in [7, 11) is -2.77. The minimum Gasteiger partial charge on any atom is -0.417 e. The highest BCUT2D eigenvalue weighted by molar-refractivity contribution is 7.85. The molecule has 0 N–H and O–H groups in total. The van der Waals surface area contributed by atoms with Crippen molar-refractivity contribution in [3.63, 3.8) is 0 Å². The van der Waals surface area contributed by atoms with Gasteiger partial charge in [-0.1, -0.05) is 38.9 Å². The third-order valence-electron chi connectivity index (χ3n) is 3.87. The smallest absolute Gasteiger partial charge is 0.196 e. The summed E-state index contributed by atoms with van der Waals surface area (Å²) < 4.78 is 6.57. The zero-order valence-corrected chi connectivity index (χ0v) is 14.2. The van der Waals surface area contributed by atoms with Crippen LogP contribution in [0.2, 0.25) is 31.2 Å². The molecule has 0 spiro atoms. The van der Waals surface area contributed by atoms with E-state index in [1.807, 2.05) is 0 Å². The lowest BCUT2D eigenvalue weighted by Crippen LogP contribution is -2.58. The first-order chi connectivity index (χ1) is 6.90. The van der Waals surface area contributed by atoms with Crippen LogP contribution in [0.5, 0.6) is 0 Å². The van der Waals surface area contributed by atoms with Crippen molar-refractivity contribution in [3.05, 3.63) is 0 Å². The summed E-state index contributed by atoms with van der Waals surface area (Å²) >= 11 is 4.96. The Balaban J connectivity index is 4.83. The summed E-state index contributed by atoms with van der Waals surface area (Å²) in [6.07, 6.45) is 0. The summed E-state index contributed by atoms with van der Waals surface area (Å²) in [5, 5.41) is 0. The molecule has 0 aromatic heterocycles. The van der Waals surface area contributed by atoms with Gasteiger partial charge in [0, 0.05) is 11.1 Å². The molecule has 92 valence electrons. The first kappa shape index (κ1) is 15.7. The molecule has 0 rings (SSSR count). The van der Waals surface area contributed by atoms with Crippen LogP contribution >= 0.6 is 12.6 Å². The zero-order valence-electron chi connectivity index (χ0n) is 11.3. The minimum atomic E-state index is -1.58. The first-order valence-electron chi connectivity index (χ1n) is 6.22. The van der Waals surface area contributed by atoms with Crippen LogP contribution in [0.4, 0.5) is 0 Å². The maximum Gasteiger partial charge on any atom is 0.196 e. The zero-order chi connectivity index (χ0) is 12.1. The Hall–Kier alpha value is 0.744. The maximum atomic E-state index is 6.00. The number of rotatable bonds is 7. The van der Waals surface area contributed by atoms with Crippen LogP contribution in [-0.2, 0) is 4.43 Å². The molecule has 0 bridgehead atoms. The van der Waals surface area contributed by atoms with Gasteiger partial charge in [-0.3, -0.25) is 0 Å². The van der Waals surface area contributed by atoms with Crippen LogP contribution < -0.4 is 0 Å². The van der Waals surface area contributed by atoms with Gasteiger partial charge in [-0.05, 0) is 20.0 Å². The SMILES string of the molecule is CCO[Si](C)(C)[C@@H](S)[Si](CC)(CC)CC. The second-order valence-electron chi connectivity index (χ2n) is 4.86. The van der Waals surface area contributed by atoms with Crippen LogP contribution in [0.1, 0.15) is 27.7 Å². The molecule has 0 radical (unpaired) electrons. The van der Waals surface area contributed by atoms with Crippen molar-refractivity contribution < 1.29 is 4.43 Å². The average Bonchev–Trinajstić information content (AvgIpc) is 2.21. The minimum absolute atomic E-state index is 0.574. The van der Waals surface area contributed by atoms with E-state index in [1.54, 1.807) is 0 Å². The van der Waals surface area contributed by atoms with Crippen molar-refractivity contribution in [2.24, 2.45) is 0 Å². The van der Waals surface area contributed by atoms with Crippen molar-refractivity contribution in [2.75, 3.05) is 6.61 Å². The van der Waals surface area contributed by atoms with E-state index in [2.05, 4.69) is 40.8 Å². The average molecular weight is 265 g/mol. The maximum absolute atomic E-state index is 6.00. The van der Waals surface area contributed by atoms with Crippen LogP contribution in [0.15, 0.2) is 0 Å². The Morgan fingerprint density at radius 3 is 1.67 bits per heavy atom. The summed E-state index contributed by atoms with van der Waals surface area (Å²) in [6, 6.07) is 4.03. The van der Waals surface area contributed by atoms with Gasteiger partial charge in [-0.25, -0.2) is 0 Å². The highest BCUT2D eigenvalue weighted by Crippen LogP contribution is 2.33. The number of hydrogen-bond donors (Lipinski definition) is 1. The van der Waals surface area contributed by atoms with Gasteiger partial charge in [0.15, 0.2) is 8.32 Å². The Bertz CT molecular complexity index is 173. The van der Waals surface area contributed by atoms with E-state index in [1.165, 1.54) is 18.1 Å². The summed E-state index contributed by atoms with van der Waals surface area (Å²) in [5.41, 5.74) is 0. The predicted octanol–water partition coefficient (Wildman–Crippen LogP) is 4.11. The van der Waals surface area contributed by atoms with E-state index in [4.69, 9.17) is 17.1 Å². The topological polar surface area (TPSA) is 9.23 Å². The molecule has 0 fully saturated rings. The third kappa shape index (κ3) is 3.61. The van der Waals surface area contributed by atoms with Crippen LogP contribution in [0.25, 0.3) is 0 Å². The summed E-state index contributed by atoms with van der Waals surface area (Å²) in [4.78, 5) is 0. The molecule has 0 aliphatic carbocycles. The van der Waals surface area contributed by atoms with Gasteiger partial charge in [0.2, 0.25) is 0 Å². The van der Waals surface area contributed by atoms with Gasteiger partial charge in [-0.15, -0.1) is 0 Å². The fraction of sp³-hybridized carbons (Fsp3) is 1.00. The van der Waals surface area contributed by atoms with Crippen LogP contribution in [0.3, 0.4) is 0 Å². The van der Waals surface area contributed by atoms with Crippen molar-refractivity contribution in [1.29, 1.82) is 0 Å². The molecule has 1 nitrogen and oxygen atoms in total. The monoisotopic (exact) mass is 264 g/mol. The van der Waals surface area contributed by atoms with Gasteiger partial charge in [0.05, 0.1) is 8.07 Å². The molecule has 0 aliphatic rings. The van der Waals surface area contributed by atoms with Crippen molar-refractivity contribution in [2.45, 2.75) is 63.4 Å². The normalized spacial score (nSPS) is 15.4. The van der Waals surface area contributed by atoms with Gasteiger partial charge < -0.3 is 4.43 Å². The summed E-state index contributed by atoms with van der Waals surface area (Å²) in [5.74, 6) is 0. The van der Waals surface area contributed by atoms with Gasteiger partial charge in [-0.2, -0.15) is 12.6 Å². The quantitative estimate of drug-likeness (QED) is 0.538. The highest BCUT2D eigenvalue weighted by atomic mass is 32.1. The molecular weight excluding hydrogens is 236 g/mol. The molecule has 0 saturated carbocycles. The van der Waals surface area contributed by atoms with Crippen LogP contribution in [-0.4, -0.2) is 27.5 Å². The van der Waals surface area contributed by atoms with Gasteiger partial charge in [0.1, 0.15) is 0 Å². The Morgan fingerprint density at radius 1 is 1.00 bits per heavy atom. The van der Waals surface area contributed by atoms with Crippen molar-refractivity contribution in [1.82, 2.24) is 0 Å². The summed E-state index contributed by atoms with van der Waals surface area (Å²) in [6.45, 7) is 14.6. The lowest BCUT2D eigenvalue weighted by atomic mass is 10.9. The Kier molecular flexibility index (Phi) is 6.79. The van der Waals surface area contributed by atoms with E-state index in [-0.39, 0.29) is 0 Å². The fourth-order valence-electron chi connectivity index (χ4n) is 2.52. The largest absolute Gasteiger partial charge is 0.417 e. The van der Waals surface area contributed by atoms with Crippen molar-refractivity contribution in [3.8, 4) is 0 Å².